The molecule has 0 aromatic heterocycles. The number of nitrogens with zero attached hydrogens (tertiary/aromatic N) is 1. The van der Waals surface area contributed by atoms with Gasteiger partial charge in [-0.25, -0.2) is 0 Å². The number of nitrogens with one attached hydrogen (secondary N) is 2. The molecule has 0 spiro atoms. The highest BCUT2D eigenvalue weighted by molar-refractivity contribution is 7.80. The van der Waals surface area contributed by atoms with Gasteiger partial charge in [0.2, 0.25) is 5.91 Å². The largest absolute Gasteiger partial charge is 0.332 e. The van der Waals surface area contributed by atoms with Crippen molar-refractivity contribution in [3.63, 3.8) is 0 Å². The Kier molecular flexibility index (Phi) is 7.36. The molecule has 0 saturated heterocycles. The Labute approximate surface area is 177 Å². The summed E-state index contributed by atoms with van der Waals surface area (Å²) in [5.41, 5.74) is 2.09. The van der Waals surface area contributed by atoms with E-state index >= 15 is 0 Å². The highest BCUT2D eigenvalue weighted by Crippen LogP contribution is 2.23. The van der Waals surface area contributed by atoms with Crippen LogP contribution >= 0.6 is 12.2 Å². The Hall–Kier alpha value is -2.73. The molecule has 0 atom stereocenters. The lowest BCUT2D eigenvalue weighted by Gasteiger charge is -2.22. The van der Waals surface area contributed by atoms with E-state index in [1.807, 2.05) is 43.3 Å². The predicted molar refractivity (Wildman–Crippen MR) is 121 cm³/mol. The summed E-state index contributed by atoms with van der Waals surface area (Å²) in [6, 6.07) is 16.8. The summed E-state index contributed by atoms with van der Waals surface area (Å²) in [6.45, 7) is 2.51. The molecule has 0 radical (unpaired) electrons. The van der Waals surface area contributed by atoms with Crippen molar-refractivity contribution < 1.29 is 9.59 Å². The molecule has 5 nitrogen and oxygen atoms in total. The maximum atomic E-state index is 13.0. The maximum absolute atomic E-state index is 13.0. The molecule has 6 heteroatoms. The SMILES string of the molecule is CCN(C(=O)c1cccc(NC(=S)NC(=O)C2CCCCC2)c1)c1ccccc1. The van der Waals surface area contributed by atoms with Crippen LogP contribution in [0.4, 0.5) is 11.4 Å². The predicted octanol–water partition coefficient (Wildman–Crippen LogP) is 4.75. The Bertz CT molecular complexity index is 863. The van der Waals surface area contributed by atoms with Gasteiger partial charge in [-0.15, -0.1) is 0 Å². The van der Waals surface area contributed by atoms with Crippen molar-refractivity contribution in [3.8, 4) is 0 Å². The second-order valence-electron chi connectivity index (χ2n) is 7.24. The highest BCUT2D eigenvalue weighted by atomic mass is 32.1. The van der Waals surface area contributed by atoms with Gasteiger partial charge in [0.05, 0.1) is 0 Å². The fourth-order valence-corrected chi connectivity index (χ4v) is 3.90. The zero-order valence-electron chi connectivity index (χ0n) is 16.7. The molecule has 1 aliphatic rings. The number of carbonyl (C=O) groups is 2. The quantitative estimate of drug-likeness (QED) is 0.700. The molecule has 1 aliphatic carbocycles. The minimum Gasteiger partial charge on any atom is -0.332 e. The molecule has 3 rings (SSSR count). The zero-order valence-corrected chi connectivity index (χ0v) is 17.5. The average molecular weight is 410 g/mol. The first-order valence-corrected chi connectivity index (χ1v) is 10.6. The molecule has 2 aromatic carbocycles. The molecule has 29 heavy (non-hydrogen) atoms. The van der Waals surface area contributed by atoms with Gasteiger partial charge in [0.1, 0.15) is 0 Å². The van der Waals surface area contributed by atoms with E-state index in [-0.39, 0.29) is 22.8 Å². The zero-order chi connectivity index (χ0) is 20.6. The molecule has 2 N–H and O–H groups in total. The van der Waals surface area contributed by atoms with Crippen molar-refractivity contribution >= 4 is 40.5 Å². The molecule has 0 aliphatic heterocycles. The number of amides is 2. The van der Waals surface area contributed by atoms with E-state index in [0.717, 1.165) is 31.4 Å². The minimum atomic E-state index is -0.0838. The molecule has 2 amide bonds. The molecule has 0 bridgehead atoms. The summed E-state index contributed by atoms with van der Waals surface area (Å²) in [7, 11) is 0. The van der Waals surface area contributed by atoms with Crippen LogP contribution in [0.5, 0.6) is 0 Å². The molecule has 2 aromatic rings. The number of anilines is 2. The van der Waals surface area contributed by atoms with Gasteiger partial charge in [-0.05, 0) is 62.3 Å². The molecular formula is C23H27N3O2S. The van der Waals surface area contributed by atoms with E-state index in [1.54, 1.807) is 23.1 Å². The van der Waals surface area contributed by atoms with E-state index in [4.69, 9.17) is 12.2 Å². The van der Waals surface area contributed by atoms with Gasteiger partial charge >= 0.3 is 0 Å². The van der Waals surface area contributed by atoms with E-state index < -0.39 is 0 Å². The van der Waals surface area contributed by atoms with E-state index in [0.29, 0.717) is 17.8 Å². The van der Waals surface area contributed by atoms with Crippen LogP contribution in [-0.2, 0) is 4.79 Å². The molecule has 1 fully saturated rings. The van der Waals surface area contributed by atoms with E-state index in [2.05, 4.69) is 10.6 Å². The smallest absolute Gasteiger partial charge is 0.258 e. The summed E-state index contributed by atoms with van der Waals surface area (Å²) < 4.78 is 0. The van der Waals surface area contributed by atoms with Crippen LogP contribution in [0.3, 0.4) is 0 Å². The van der Waals surface area contributed by atoms with Crippen molar-refractivity contribution in [2.45, 2.75) is 39.0 Å². The lowest BCUT2D eigenvalue weighted by molar-refractivity contribution is -0.124. The van der Waals surface area contributed by atoms with Gasteiger partial charge < -0.3 is 15.5 Å². The first kappa shape index (κ1) is 21.0. The number of benzene rings is 2. The second kappa shape index (κ2) is 10.2. The number of rotatable bonds is 5. The van der Waals surface area contributed by atoms with Crippen LogP contribution in [0.1, 0.15) is 49.4 Å². The summed E-state index contributed by atoms with van der Waals surface area (Å²) in [4.78, 5) is 27.1. The third-order valence-corrected chi connectivity index (χ3v) is 5.41. The van der Waals surface area contributed by atoms with Crippen molar-refractivity contribution in [2.75, 3.05) is 16.8 Å². The fraction of sp³-hybridized carbons (Fsp3) is 0.348. The Morgan fingerprint density at radius 3 is 2.45 bits per heavy atom. The van der Waals surface area contributed by atoms with E-state index in [9.17, 15) is 9.59 Å². The standard InChI is InChI=1S/C23H27N3O2S/c1-2-26(20-14-7-4-8-15-20)22(28)18-12-9-13-19(16-18)24-23(29)25-21(27)17-10-5-3-6-11-17/h4,7-9,12-17H,2-3,5-6,10-11H2,1H3,(H2,24,25,27,29). The number of hydrogen-bond acceptors (Lipinski definition) is 3. The summed E-state index contributed by atoms with van der Waals surface area (Å²) in [5, 5.41) is 6.09. The Morgan fingerprint density at radius 2 is 1.76 bits per heavy atom. The number of hydrogen-bond donors (Lipinski definition) is 2. The molecule has 152 valence electrons. The van der Waals surface area contributed by atoms with Crippen molar-refractivity contribution in [3.05, 3.63) is 60.2 Å². The third kappa shape index (κ3) is 5.64. The van der Waals surface area contributed by atoms with Crippen LogP contribution in [-0.4, -0.2) is 23.5 Å². The number of thiocarbonyl (C=S) groups is 1. The minimum absolute atomic E-state index is 0.0179. The van der Waals surface area contributed by atoms with Crippen LogP contribution < -0.4 is 15.5 Å². The lowest BCUT2D eigenvalue weighted by atomic mass is 9.89. The first-order valence-electron chi connectivity index (χ1n) is 10.2. The van der Waals surface area contributed by atoms with Gasteiger partial charge in [0.25, 0.3) is 5.91 Å². The Morgan fingerprint density at radius 1 is 1.03 bits per heavy atom. The van der Waals surface area contributed by atoms with Gasteiger partial charge in [0.15, 0.2) is 5.11 Å². The van der Waals surface area contributed by atoms with Crippen LogP contribution in [0, 0.1) is 5.92 Å². The molecule has 0 heterocycles. The topological polar surface area (TPSA) is 61.4 Å². The highest BCUT2D eigenvalue weighted by Gasteiger charge is 2.22. The maximum Gasteiger partial charge on any atom is 0.258 e. The van der Waals surface area contributed by atoms with Gasteiger partial charge in [-0.1, -0.05) is 43.5 Å². The molecule has 0 unspecified atom stereocenters. The first-order chi connectivity index (χ1) is 14.1. The monoisotopic (exact) mass is 409 g/mol. The molecular weight excluding hydrogens is 382 g/mol. The second-order valence-corrected chi connectivity index (χ2v) is 7.65. The van der Waals surface area contributed by atoms with Gasteiger partial charge in [0, 0.05) is 29.4 Å². The van der Waals surface area contributed by atoms with Gasteiger partial charge in [-0.2, -0.15) is 0 Å². The number of para-hydroxylation sites is 1. The third-order valence-electron chi connectivity index (χ3n) is 5.21. The summed E-state index contributed by atoms with van der Waals surface area (Å²) >= 11 is 5.30. The van der Waals surface area contributed by atoms with Gasteiger partial charge in [-0.3, -0.25) is 9.59 Å². The van der Waals surface area contributed by atoms with Crippen LogP contribution in [0.25, 0.3) is 0 Å². The lowest BCUT2D eigenvalue weighted by Crippen LogP contribution is -2.39. The molecule has 1 saturated carbocycles. The summed E-state index contributed by atoms with van der Waals surface area (Å²) in [6.07, 6.45) is 5.23. The fourth-order valence-electron chi connectivity index (χ4n) is 3.68. The normalized spacial score (nSPS) is 14.1. The van der Waals surface area contributed by atoms with Crippen LogP contribution in [0.2, 0.25) is 0 Å². The average Bonchev–Trinajstić information content (AvgIpc) is 2.75. The number of carbonyl (C=O) groups excluding carboxylic acids is 2. The Balaban J connectivity index is 1.64. The summed E-state index contributed by atoms with van der Waals surface area (Å²) in [5.74, 6) is -0.0597. The van der Waals surface area contributed by atoms with Crippen molar-refractivity contribution in [1.29, 1.82) is 0 Å². The van der Waals surface area contributed by atoms with Crippen molar-refractivity contribution in [2.24, 2.45) is 5.92 Å². The van der Waals surface area contributed by atoms with Crippen LogP contribution in [0.15, 0.2) is 54.6 Å². The van der Waals surface area contributed by atoms with E-state index in [1.165, 1.54) is 6.42 Å². The van der Waals surface area contributed by atoms with Crippen molar-refractivity contribution in [1.82, 2.24) is 5.32 Å².